The van der Waals surface area contributed by atoms with E-state index in [0.29, 0.717) is 5.92 Å². The third-order valence-corrected chi connectivity index (χ3v) is 4.81. The zero-order valence-electron chi connectivity index (χ0n) is 9.95. The third-order valence-electron chi connectivity index (χ3n) is 4.32. The maximum atomic E-state index is 10.3. The standard InChI is InChI=1S/C14H17BrO2/c1-9-3-2-6-14(9)8-12(16)11-7-10(15)4-5-13(11)17-14/h4-5,7,9,12,16H,2-3,6,8H2,1H3. The van der Waals surface area contributed by atoms with Crippen LogP contribution < -0.4 is 4.74 Å². The molecule has 3 heteroatoms. The van der Waals surface area contributed by atoms with Crippen LogP contribution in [-0.2, 0) is 0 Å². The number of ether oxygens (including phenoxy) is 1. The summed E-state index contributed by atoms with van der Waals surface area (Å²) in [5.74, 6) is 1.40. The lowest BCUT2D eigenvalue weighted by Gasteiger charge is -2.41. The van der Waals surface area contributed by atoms with Crippen LogP contribution in [0.2, 0.25) is 0 Å². The van der Waals surface area contributed by atoms with Crippen LogP contribution in [0.4, 0.5) is 0 Å². The highest BCUT2D eigenvalue weighted by Crippen LogP contribution is 2.50. The van der Waals surface area contributed by atoms with Crippen molar-refractivity contribution in [1.82, 2.24) is 0 Å². The molecule has 1 N–H and O–H groups in total. The molecule has 3 rings (SSSR count). The van der Waals surface area contributed by atoms with E-state index in [9.17, 15) is 5.11 Å². The Hall–Kier alpha value is -0.540. The van der Waals surface area contributed by atoms with Gasteiger partial charge in [0.25, 0.3) is 0 Å². The van der Waals surface area contributed by atoms with Gasteiger partial charge in [0.1, 0.15) is 11.4 Å². The molecule has 17 heavy (non-hydrogen) atoms. The summed E-state index contributed by atoms with van der Waals surface area (Å²) in [7, 11) is 0. The number of hydrogen-bond donors (Lipinski definition) is 1. The molecule has 3 atom stereocenters. The number of hydrogen-bond acceptors (Lipinski definition) is 2. The summed E-state index contributed by atoms with van der Waals surface area (Å²) < 4.78 is 7.23. The predicted octanol–water partition coefficient (Wildman–Crippen LogP) is 3.82. The van der Waals surface area contributed by atoms with Crippen molar-refractivity contribution < 1.29 is 9.84 Å². The first-order chi connectivity index (χ1) is 8.11. The topological polar surface area (TPSA) is 29.5 Å². The average molecular weight is 297 g/mol. The van der Waals surface area contributed by atoms with Crippen LogP contribution in [0.1, 0.15) is 44.3 Å². The number of fused-ring (bicyclic) bond motifs is 1. The molecule has 2 nitrogen and oxygen atoms in total. The highest BCUT2D eigenvalue weighted by molar-refractivity contribution is 9.10. The lowest BCUT2D eigenvalue weighted by molar-refractivity contribution is -0.0356. The van der Waals surface area contributed by atoms with Gasteiger partial charge in [-0.1, -0.05) is 22.9 Å². The number of rotatable bonds is 0. The highest BCUT2D eigenvalue weighted by Gasteiger charge is 2.47. The largest absolute Gasteiger partial charge is 0.487 e. The molecule has 1 heterocycles. The van der Waals surface area contributed by atoms with Gasteiger partial charge in [0.05, 0.1) is 6.10 Å². The quantitative estimate of drug-likeness (QED) is 0.788. The van der Waals surface area contributed by atoms with Crippen LogP contribution in [0.15, 0.2) is 22.7 Å². The van der Waals surface area contributed by atoms with Crippen molar-refractivity contribution in [2.45, 2.75) is 44.3 Å². The Morgan fingerprint density at radius 3 is 3.00 bits per heavy atom. The van der Waals surface area contributed by atoms with Gasteiger partial charge in [0.15, 0.2) is 0 Å². The molecule has 0 saturated heterocycles. The van der Waals surface area contributed by atoms with Crippen LogP contribution in [0.5, 0.6) is 5.75 Å². The van der Waals surface area contributed by atoms with Crippen molar-refractivity contribution >= 4 is 15.9 Å². The van der Waals surface area contributed by atoms with Crippen LogP contribution >= 0.6 is 15.9 Å². The molecule has 1 saturated carbocycles. The van der Waals surface area contributed by atoms with E-state index in [-0.39, 0.29) is 5.60 Å². The summed E-state index contributed by atoms with van der Waals surface area (Å²) >= 11 is 3.44. The molecule has 2 aliphatic rings. The number of halogens is 1. The molecule has 1 aromatic rings. The zero-order chi connectivity index (χ0) is 12.0. The van der Waals surface area contributed by atoms with E-state index in [0.717, 1.165) is 28.6 Å². The molecule has 1 fully saturated rings. The van der Waals surface area contributed by atoms with Gasteiger partial charge in [-0.05, 0) is 43.4 Å². The second-order valence-electron chi connectivity index (χ2n) is 5.36. The molecule has 1 aromatic carbocycles. The van der Waals surface area contributed by atoms with Crippen LogP contribution in [0.25, 0.3) is 0 Å². The van der Waals surface area contributed by atoms with Crippen LogP contribution in [0, 0.1) is 5.92 Å². The Labute approximate surface area is 110 Å². The van der Waals surface area contributed by atoms with Crippen molar-refractivity contribution in [2.75, 3.05) is 0 Å². The smallest absolute Gasteiger partial charge is 0.126 e. The maximum Gasteiger partial charge on any atom is 0.126 e. The Balaban J connectivity index is 2.01. The number of aliphatic hydroxyl groups is 1. The number of benzene rings is 1. The molecular formula is C14H17BrO2. The molecule has 0 radical (unpaired) electrons. The van der Waals surface area contributed by atoms with E-state index in [1.54, 1.807) is 0 Å². The molecule has 1 spiro atoms. The van der Waals surface area contributed by atoms with E-state index in [4.69, 9.17) is 4.74 Å². The normalized spacial score (nSPS) is 35.7. The van der Waals surface area contributed by atoms with Crippen molar-refractivity contribution in [1.29, 1.82) is 0 Å². The Morgan fingerprint density at radius 1 is 1.47 bits per heavy atom. The fourth-order valence-corrected chi connectivity index (χ4v) is 3.62. The predicted molar refractivity (Wildman–Crippen MR) is 70.1 cm³/mol. The molecule has 3 unspecified atom stereocenters. The van der Waals surface area contributed by atoms with Gasteiger partial charge in [-0.2, -0.15) is 0 Å². The summed E-state index contributed by atoms with van der Waals surface area (Å²) in [6, 6.07) is 5.91. The van der Waals surface area contributed by atoms with Gasteiger partial charge in [-0.25, -0.2) is 0 Å². The molecule has 0 amide bonds. The van der Waals surface area contributed by atoms with Gasteiger partial charge in [-0.15, -0.1) is 0 Å². The fourth-order valence-electron chi connectivity index (χ4n) is 3.24. The summed E-state index contributed by atoms with van der Waals surface area (Å²) in [4.78, 5) is 0. The van der Waals surface area contributed by atoms with Crippen molar-refractivity contribution in [2.24, 2.45) is 5.92 Å². The summed E-state index contributed by atoms with van der Waals surface area (Å²) in [6.07, 6.45) is 3.83. The van der Waals surface area contributed by atoms with Crippen LogP contribution in [-0.4, -0.2) is 10.7 Å². The van der Waals surface area contributed by atoms with E-state index < -0.39 is 6.10 Å². The monoisotopic (exact) mass is 296 g/mol. The van der Waals surface area contributed by atoms with Crippen molar-refractivity contribution in [3.63, 3.8) is 0 Å². The minimum Gasteiger partial charge on any atom is -0.487 e. The minimum absolute atomic E-state index is 0.125. The van der Waals surface area contributed by atoms with Crippen molar-refractivity contribution in [3.8, 4) is 5.75 Å². The third kappa shape index (κ3) is 1.80. The van der Waals surface area contributed by atoms with E-state index >= 15 is 0 Å². The van der Waals surface area contributed by atoms with Gasteiger partial charge in [-0.3, -0.25) is 0 Å². The lowest BCUT2D eigenvalue weighted by atomic mass is 9.82. The summed E-state index contributed by atoms with van der Waals surface area (Å²) in [5.41, 5.74) is 0.796. The first-order valence-corrected chi connectivity index (χ1v) is 7.06. The molecule has 1 aliphatic carbocycles. The zero-order valence-corrected chi connectivity index (χ0v) is 11.5. The lowest BCUT2D eigenvalue weighted by Crippen LogP contribution is -2.43. The van der Waals surface area contributed by atoms with E-state index in [1.165, 1.54) is 12.8 Å². The first-order valence-electron chi connectivity index (χ1n) is 6.27. The van der Waals surface area contributed by atoms with Gasteiger partial charge < -0.3 is 9.84 Å². The van der Waals surface area contributed by atoms with E-state index in [2.05, 4.69) is 22.9 Å². The fraction of sp³-hybridized carbons (Fsp3) is 0.571. The van der Waals surface area contributed by atoms with Gasteiger partial charge in [0, 0.05) is 16.5 Å². The number of aliphatic hydroxyl groups excluding tert-OH is 1. The van der Waals surface area contributed by atoms with Crippen molar-refractivity contribution in [3.05, 3.63) is 28.2 Å². The summed E-state index contributed by atoms with van der Waals surface area (Å²) in [5, 5.41) is 10.3. The average Bonchev–Trinajstić information content (AvgIpc) is 2.62. The molecule has 1 aliphatic heterocycles. The first kappa shape index (κ1) is 11.5. The minimum atomic E-state index is -0.392. The van der Waals surface area contributed by atoms with Gasteiger partial charge >= 0.3 is 0 Å². The molecule has 0 aromatic heterocycles. The Morgan fingerprint density at radius 2 is 2.29 bits per heavy atom. The van der Waals surface area contributed by atoms with Crippen LogP contribution in [0.3, 0.4) is 0 Å². The Bertz CT molecular complexity index is 446. The molecule has 92 valence electrons. The highest BCUT2D eigenvalue weighted by atomic mass is 79.9. The Kier molecular flexibility index (Phi) is 2.71. The summed E-state index contributed by atoms with van der Waals surface area (Å²) in [6.45, 7) is 2.24. The van der Waals surface area contributed by atoms with E-state index in [1.807, 2.05) is 18.2 Å². The maximum absolute atomic E-state index is 10.3. The second kappa shape index (κ2) is 3.99. The molecule has 0 bridgehead atoms. The SMILES string of the molecule is CC1CCCC12CC(O)c1cc(Br)ccc1O2. The van der Waals surface area contributed by atoms with Gasteiger partial charge in [0.2, 0.25) is 0 Å². The molecular weight excluding hydrogens is 280 g/mol. The second-order valence-corrected chi connectivity index (χ2v) is 6.28.